The van der Waals surface area contributed by atoms with Gasteiger partial charge in [-0.3, -0.25) is 9.36 Å². The Bertz CT molecular complexity index is 315. The van der Waals surface area contributed by atoms with Gasteiger partial charge in [-0.15, -0.1) is 0 Å². The molecule has 0 aliphatic rings. The zero-order chi connectivity index (χ0) is 14.0. The van der Waals surface area contributed by atoms with Gasteiger partial charge in [0, 0.05) is 6.92 Å². The third-order valence-electron chi connectivity index (χ3n) is 1.76. The van der Waals surface area contributed by atoms with Crippen LogP contribution in [0.25, 0.3) is 0 Å². The molecule has 6 nitrogen and oxygen atoms in total. The van der Waals surface area contributed by atoms with Crippen LogP contribution in [0, 0.1) is 0 Å². The highest BCUT2D eigenvalue weighted by atomic mass is 31.2. The van der Waals surface area contributed by atoms with Crippen LogP contribution in [0.5, 0.6) is 0 Å². The average molecular weight is 280 g/mol. The highest BCUT2D eigenvalue weighted by Crippen LogP contribution is 2.55. The van der Waals surface area contributed by atoms with E-state index in [1.54, 1.807) is 20.8 Å². The molecule has 0 N–H and O–H groups in total. The predicted octanol–water partition coefficient (Wildman–Crippen LogP) is 2.69. The topological polar surface area (TPSA) is 71.1 Å². The number of carbonyl (C=O) groups is 1. The Hall–Kier alpha value is -0.840. The molecule has 0 bridgehead atoms. The van der Waals surface area contributed by atoms with Crippen molar-refractivity contribution in [3.05, 3.63) is 11.6 Å². The average Bonchev–Trinajstić information content (AvgIpc) is 2.29. The zero-order valence-corrected chi connectivity index (χ0v) is 12.2. The SMILES string of the molecule is CCOC=C(COC(C)=O)P(=O)(OCC)OCC. The summed E-state index contributed by atoms with van der Waals surface area (Å²) in [6.45, 7) is 7.14. The van der Waals surface area contributed by atoms with Crippen molar-refractivity contribution < 1.29 is 27.9 Å². The molecule has 0 unspecified atom stereocenters. The molecule has 106 valence electrons. The van der Waals surface area contributed by atoms with Crippen LogP contribution < -0.4 is 0 Å². The van der Waals surface area contributed by atoms with Gasteiger partial charge >= 0.3 is 13.6 Å². The van der Waals surface area contributed by atoms with Crippen LogP contribution in [0.2, 0.25) is 0 Å². The smallest absolute Gasteiger partial charge is 0.363 e. The maximum Gasteiger partial charge on any atom is 0.363 e. The third-order valence-corrected chi connectivity index (χ3v) is 3.89. The minimum absolute atomic E-state index is 0.174. The Labute approximate surface area is 108 Å². The summed E-state index contributed by atoms with van der Waals surface area (Å²) in [4.78, 5) is 10.8. The van der Waals surface area contributed by atoms with E-state index >= 15 is 0 Å². The molecular weight excluding hydrogens is 259 g/mol. The normalized spacial score (nSPS) is 12.3. The summed E-state index contributed by atoms with van der Waals surface area (Å²) in [6.07, 6.45) is 1.27. The van der Waals surface area contributed by atoms with E-state index in [-0.39, 0.29) is 25.1 Å². The second kappa shape index (κ2) is 9.14. The van der Waals surface area contributed by atoms with Crippen molar-refractivity contribution in [3.63, 3.8) is 0 Å². The summed E-state index contributed by atoms with van der Waals surface area (Å²) in [7, 11) is -3.46. The molecule has 0 heterocycles. The summed E-state index contributed by atoms with van der Waals surface area (Å²) >= 11 is 0. The number of rotatable bonds is 9. The van der Waals surface area contributed by atoms with E-state index in [2.05, 4.69) is 0 Å². The molecule has 0 atom stereocenters. The Morgan fingerprint density at radius 1 is 1.11 bits per heavy atom. The second-order valence-electron chi connectivity index (χ2n) is 3.18. The van der Waals surface area contributed by atoms with E-state index < -0.39 is 13.6 Å². The van der Waals surface area contributed by atoms with Crippen LogP contribution in [0.15, 0.2) is 11.6 Å². The molecule has 7 heteroatoms. The van der Waals surface area contributed by atoms with E-state index in [0.717, 1.165) is 0 Å². The number of carbonyl (C=O) groups excluding carboxylic acids is 1. The number of ether oxygens (including phenoxy) is 2. The first-order valence-corrected chi connectivity index (χ1v) is 7.38. The molecule has 0 aromatic heterocycles. The molecule has 0 saturated heterocycles. The van der Waals surface area contributed by atoms with E-state index in [1.807, 2.05) is 0 Å². The van der Waals surface area contributed by atoms with Crippen molar-refractivity contribution in [3.8, 4) is 0 Å². The number of esters is 1. The molecule has 0 aliphatic heterocycles. The van der Waals surface area contributed by atoms with Crippen molar-refractivity contribution in [1.82, 2.24) is 0 Å². The highest BCUT2D eigenvalue weighted by Gasteiger charge is 2.31. The lowest BCUT2D eigenvalue weighted by Crippen LogP contribution is -2.08. The molecule has 0 aliphatic carbocycles. The fourth-order valence-corrected chi connectivity index (χ4v) is 2.59. The zero-order valence-electron chi connectivity index (χ0n) is 11.3. The van der Waals surface area contributed by atoms with Gasteiger partial charge in [-0.05, 0) is 20.8 Å². The van der Waals surface area contributed by atoms with Gasteiger partial charge in [-0.25, -0.2) is 0 Å². The Balaban J connectivity index is 4.97. The molecule has 0 radical (unpaired) electrons. The van der Waals surface area contributed by atoms with Crippen molar-refractivity contribution in [1.29, 1.82) is 0 Å². The molecular formula is C11H21O6P. The van der Waals surface area contributed by atoms with Crippen LogP contribution >= 0.6 is 7.60 Å². The lowest BCUT2D eigenvalue weighted by Gasteiger charge is -2.19. The largest absolute Gasteiger partial charge is 0.501 e. The standard InChI is InChI=1S/C11H21O6P/c1-5-14-8-11(9-15-10(4)12)18(13,16-6-2)17-7-3/h8H,5-7,9H2,1-4H3. The monoisotopic (exact) mass is 280 g/mol. The van der Waals surface area contributed by atoms with Gasteiger partial charge in [0.25, 0.3) is 0 Å². The maximum atomic E-state index is 12.4. The molecule has 18 heavy (non-hydrogen) atoms. The van der Waals surface area contributed by atoms with Crippen molar-refractivity contribution >= 4 is 13.6 Å². The minimum atomic E-state index is -3.46. The van der Waals surface area contributed by atoms with Gasteiger partial charge < -0.3 is 18.5 Å². The Morgan fingerprint density at radius 3 is 2.06 bits per heavy atom. The van der Waals surface area contributed by atoms with Gasteiger partial charge in [0.1, 0.15) is 11.9 Å². The van der Waals surface area contributed by atoms with Crippen molar-refractivity contribution in [2.45, 2.75) is 27.7 Å². The highest BCUT2D eigenvalue weighted by molar-refractivity contribution is 7.58. The van der Waals surface area contributed by atoms with Crippen LogP contribution in [-0.4, -0.2) is 32.4 Å². The fourth-order valence-electron chi connectivity index (χ4n) is 1.08. The summed E-state index contributed by atoms with van der Waals surface area (Å²) in [5.41, 5.74) is 0. The van der Waals surface area contributed by atoms with Gasteiger partial charge in [0.15, 0.2) is 0 Å². The van der Waals surface area contributed by atoms with E-state index in [9.17, 15) is 9.36 Å². The van der Waals surface area contributed by atoms with E-state index in [4.69, 9.17) is 18.5 Å². The summed E-state index contributed by atoms with van der Waals surface area (Å²) in [5, 5.41) is 0.197. The number of hydrogen-bond acceptors (Lipinski definition) is 6. The molecule has 0 spiro atoms. The van der Waals surface area contributed by atoms with E-state index in [1.165, 1.54) is 13.2 Å². The number of hydrogen-bond donors (Lipinski definition) is 0. The third kappa shape index (κ3) is 6.19. The van der Waals surface area contributed by atoms with Crippen molar-refractivity contribution in [2.24, 2.45) is 0 Å². The van der Waals surface area contributed by atoms with Gasteiger partial charge in [-0.1, -0.05) is 0 Å². The molecule has 0 fully saturated rings. The molecule has 0 rings (SSSR count). The van der Waals surface area contributed by atoms with Gasteiger partial charge in [0.05, 0.1) is 26.1 Å². The van der Waals surface area contributed by atoms with Crippen LogP contribution in [0.4, 0.5) is 0 Å². The van der Waals surface area contributed by atoms with Crippen LogP contribution in [0.3, 0.4) is 0 Å². The minimum Gasteiger partial charge on any atom is -0.501 e. The first-order valence-electron chi connectivity index (χ1n) is 5.83. The Morgan fingerprint density at radius 2 is 1.67 bits per heavy atom. The lowest BCUT2D eigenvalue weighted by molar-refractivity contribution is -0.139. The van der Waals surface area contributed by atoms with Crippen LogP contribution in [-0.2, 0) is 27.9 Å². The first kappa shape index (κ1) is 17.2. The predicted molar refractivity (Wildman–Crippen MR) is 67.2 cm³/mol. The van der Waals surface area contributed by atoms with Crippen LogP contribution in [0.1, 0.15) is 27.7 Å². The lowest BCUT2D eigenvalue weighted by atomic mass is 10.6. The Kier molecular flexibility index (Phi) is 8.71. The second-order valence-corrected chi connectivity index (χ2v) is 5.26. The first-order chi connectivity index (χ1) is 8.50. The fraction of sp³-hybridized carbons (Fsp3) is 0.727. The molecule has 0 amide bonds. The molecule has 0 saturated carbocycles. The van der Waals surface area contributed by atoms with E-state index in [0.29, 0.717) is 6.61 Å². The maximum absolute atomic E-state index is 12.4. The molecule has 0 aromatic rings. The summed E-state index contributed by atoms with van der Waals surface area (Å²) in [6, 6.07) is 0. The summed E-state index contributed by atoms with van der Waals surface area (Å²) < 4.78 is 32.7. The molecule has 0 aromatic carbocycles. The summed E-state index contributed by atoms with van der Waals surface area (Å²) in [5.74, 6) is -0.475. The van der Waals surface area contributed by atoms with Gasteiger partial charge in [-0.2, -0.15) is 0 Å². The quantitative estimate of drug-likeness (QED) is 0.367. The van der Waals surface area contributed by atoms with Gasteiger partial charge in [0.2, 0.25) is 0 Å². The van der Waals surface area contributed by atoms with Crippen molar-refractivity contribution in [2.75, 3.05) is 26.4 Å².